The lowest BCUT2D eigenvalue weighted by molar-refractivity contribution is -0.135. The van der Waals surface area contributed by atoms with E-state index in [1.165, 1.54) is 39.6 Å². The van der Waals surface area contributed by atoms with Crippen molar-refractivity contribution in [3.8, 4) is 17.3 Å². The monoisotopic (exact) mass is 974 g/mol. The third-order valence-corrected chi connectivity index (χ3v) is 14.9. The van der Waals surface area contributed by atoms with Crippen LogP contribution in [0.15, 0.2) is 76.6 Å². The number of halogens is 2. The molecule has 0 saturated carbocycles. The molecule has 0 aliphatic carbocycles. The topological polar surface area (TPSA) is 179 Å². The molecular weight excluding hydrogens is 924 g/mol. The summed E-state index contributed by atoms with van der Waals surface area (Å²) in [6.45, 7) is 7.92. The van der Waals surface area contributed by atoms with E-state index in [-0.39, 0.29) is 52.6 Å². The van der Waals surface area contributed by atoms with Crippen molar-refractivity contribution < 1.29 is 23.9 Å². The zero-order valence-electron chi connectivity index (χ0n) is 39.0. The molecule has 0 radical (unpaired) electrons. The van der Waals surface area contributed by atoms with Crippen LogP contribution in [0.4, 0.5) is 5.69 Å². The van der Waals surface area contributed by atoms with E-state index in [0.29, 0.717) is 63.3 Å². The Morgan fingerprint density at radius 2 is 1.71 bits per heavy atom. The molecule has 17 nitrogen and oxygen atoms in total. The molecule has 2 atom stereocenters. The summed E-state index contributed by atoms with van der Waals surface area (Å²) in [5, 5.41) is 3.18. The van der Waals surface area contributed by atoms with Crippen LogP contribution in [0.2, 0.25) is 10.0 Å². The minimum Gasteiger partial charge on any atom is -0.480 e. The molecule has 4 aliphatic rings. The fourth-order valence-corrected chi connectivity index (χ4v) is 11.3. The smallest absolute Gasteiger partial charge is 0.329 e. The van der Waals surface area contributed by atoms with E-state index in [1.807, 2.05) is 53.6 Å². The molecule has 10 rings (SSSR count). The van der Waals surface area contributed by atoms with Gasteiger partial charge in [-0.3, -0.25) is 43.3 Å². The Morgan fingerprint density at radius 1 is 0.971 bits per heavy atom. The maximum atomic E-state index is 14.6. The van der Waals surface area contributed by atoms with Crippen molar-refractivity contribution in [1.29, 1.82) is 0 Å². The van der Waals surface area contributed by atoms with Crippen molar-refractivity contribution in [2.75, 3.05) is 44.7 Å². The Bertz CT molecular complexity index is 3210. The Kier molecular flexibility index (Phi) is 11.9. The van der Waals surface area contributed by atoms with Crippen LogP contribution in [0.1, 0.15) is 102 Å². The predicted molar refractivity (Wildman–Crippen MR) is 260 cm³/mol. The van der Waals surface area contributed by atoms with Crippen molar-refractivity contribution >= 4 is 63.6 Å². The number of methoxy groups -OCH3 is 1. The number of aryl methyl sites for hydroxylation is 3. The van der Waals surface area contributed by atoms with E-state index in [2.05, 4.69) is 15.2 Å². The van der Waals surface area contributed by atoms with Crippen LogP contribution in [-0.2, 0) is 30.1 Å². The van der Waals surface area contributed by atoms with Gasteiger partial charge in [0.2, 0.25) is 17.7 Å². The first-order valence-corrected chi connectivity index (χ1v) is 24.0. The van der Waals surface area contributed by atoms with Gasteiger partial charge in [-0.1, -0.05) is 47.5 Å². The number of hydrogen-bond acceptors (Lipinski definition) is 10. The molecule has 358 valence electrons. The van der Waals surface area contributed by atoms with Gasteiger partial charge in [0, 0.05) is 62.5 Å². The standard InChI is InChI=1S/C50H52Cl2N10O7/c1-28(2)60-42-39(48(67)62(37-23-33(52)25-56(3)47(37)66)41(42)30-11-13-32(51)14-12-30)55-43(60)34-22-31(24-53-45(34)69-5)46(65)59-26-50(27-59)17-20-58(21-18-50)19-7-9-29-8-6-10-35-40(29)57(4)49(68)61(35)36-15-16-38(63)54-44(36)64/h6,8,10-14,22-25,28,36,41H,7,9,15-21,26-27H2,1-5H3,(H,54,63,64)/t36?,41-/m0/s1. The average molecular weight is 976 g/mol. The summed E-state index contributed by atoms with van der Waals surface area (Å²) in [7, 11) is 4.81. The second kappa shape index (κ2) is 17.8. The van der Waals surface area contributed by atoms with Crippen LogP contribution in [0, 0.1) is 5.41 Å². The van der Waals surface area contributed by atoms with Crippen LogP contribution in [0.5, 0.6) is 5.88 Å². The first kappa shape index (κ1) is 46.2. The third kappa shape index (κ3) is 7.93. The van der Waals surface area contributed by atoms with Gasteiger partial charge in [0.15, 0.2) is 5.69 Å². The van der Waals surface area contributed by atoms with Gasteiger partial charge < -0.3 is 23.7 Å². The number of amides is 4. The Labute approximate surface area is 407 Å². The van der Waals surface area contributed by atoms with Crippen LogP contribution >= 0.6 is 23.2 Å². The molecule has 8 heterocycles. The maximum Gasteiger partial charge on any atom is 0.329 e. The van der Waals surface area contributed by atoms with Crippen molar-refractivity contribution in [2.24, 2.45) is 19.5 Å². The second-order valence-electron chi connectivity index (χ2n) is 19.1. The van der Waals surface area contributed by atoms with E-state index in [4.69, 9.17) is 32.9 Å². The summed E-state index contributed by atoms with van der Waals surface area (Å²) < 4.78 is 12.2. The number of ether oxygens (including phenoxy) is 1. The van der Waals surface area contributed by atoms with E-state index in [1.54, 1.807) is 36.9 Å². The number of benzene rings is 2. The third-order valence-electron chi connectivity index (χ3n) is 14.4. The first-order valence-electron chi connectivity index (χ1n) is 23.2. The maximum absolute atomic E-state index is 14.6. The predicted octanol–water partition coefficient (Wildman–Crippen LogP) is 6.09. The molecule has 6 aromatic rings. The van der Waals surface area contributed by atoms with Crippen molar-refractivity contribution in [2.45, 2.75) is 70.5 Å². The van der Waals surface area contributed by atoms with Gasteiger partial charge in [0.1, 0.15) is 23.6 Å². The summed E-state index contributed by atoms with van der Waals surface area (Å²) in [5.41, 5.74) is 4.26. The van der Waals surface area contributed by atoms with Gasteiger partial charge in [-0.25, -0.2) is 14.8 Å². The highest BCUT2D eigenvalue weighted by molar-refractivity contribution is 6.31. The SMILES string of the molecule is COc1ncc(C(=O)N2CC3(CCN(CCCc4cccc5c4n(C)c(=O)n5C4CCC(=O)NC4=O)CC3)C2)cc1-c1nc2c(n1C(C)C)[C@H](c1ccc(Cl)cc1)N(c1cc(Cl)cn(C)c1=O)C2=O. The number of fused-ring (bicyclic) bond motifs is 2. The van der Waals surface area contributed by atoms with Crippen molar-refractivity contribution in [3.63, 3.8) is 0 Å². The number of nitrogens with zero attached hydrogens (tertiary/aromatic N) is 9. The van der Waals surface area contributed by atoms with E-state index >= 15 is 0 Å². The van der Waals surface area contributed by atoms with E-state index in [9.17, 15) is 28.8 Å². The summed E-state index contributed by atoms with van der Waals surface area (Å²) in [6.07, 6.45) is 7.06. The molecule has 1 unspecified atom stereocenters. The molecule has 4 amide bonds. The summed E-state index contributed by atoms with van der Waals surface area (Å²) in [4.78, 5) is 95.7. The number of likely N-dealkylation sites (tertiary alicyclic amines) is 2. The summed E-state index contributed by atoms with van der Waals surface area (Å²) in [6, 6.07) is 14.4. The van der Waals surface area contributed by atoms with Crippen LogP contribution in [0.25, 0.3) is 22.4 Å². The summed E-state index contributed by atoms with van der Waals surface area (Å²) in [5.74, 6) is -0.752. The molecular formula is C50H52Cl2N10O7. The number of imidazole rings is 2. The number of aromatic nitrogens is 6. The second-order valence-corrected chi connectivity index (χ2v) is 19.9. The molecule has 1 spiro atoms. The number of nitrogens with one attached hydrogen (secondary N) is 1. The Balaban J connectivity index is 0.834. The number of carbonyl (C=O) groups excluding carboxylic acids is 4. The molecule has 1 N–H and O–H groups in total. The number of hydrogen-bond donors (Lipinski definition) is 1. The largest absolute Gasteiger partial charge is 0.480 e. The summed E-state index contributed by atoms with van der Waals surface area (Å²) >= 11 is 12.8. The lowest BCUT2D eigenvalue weighted by Gasteiger charge is -2.54. The molecule has 2 aromatic carbocycles. The molecule has 4 aromatic heterocycles. The first-order chi connectivity index (χ1) is 33.1. The number of pyridine rings is 2. The van der Waals surface area contributed by atoms with Gasteiger partial charge in [-0.2, -0.15) is 0 Å². The van der Waals surface area contributed by atoms with E-state index in [0.717, 1.165) is 56.4 Å². The quantitative estimate of drug-likeness (QED) is 0.149. The number of piperidine rings is 2. The zero-order chi connectivity index (χ0) is 48.6. The molecule has 4 aliphatic heterocycles. The molecule has 19 heteroatoms. The van der Waals surface area contributed by atoms with Gasteiger partial charge >= 0.3 is 5.69 Å². The van der Waals surface area contributed by atoms with E-state index < -0.39 is 29.5 Å². The Hall–Kier alpha value is -6.56. The minimum atomic E-state index is -0.773. The van der Waals surface area contributed by atoms with Crippen LogP contribution in [-0.4, -0.2) is 101 Å². The number of carbonyl (C=O) groups is 4. The molecule has 69 heavy (non-hydrogen) atoms. The molecule has 3 saturated heterocycles. The highest BCUT2D eigenvalue weighted by Crippen LogP contribution is 2.46. The lowest BCUT2D eigenvalue weighted by atomic mass is 9.71. The van der Waals surface area contributed by atoms with Gasteiger partial charge in [-0.15, -0.1) is 0 Å². The highest BCUT2D eigenvalue weighted by Gasteiger charge is 2.48. The lowest BCUT2D eigenvalue weighted by Crippen LogP contribution is -2.61. The fourth-order valence-electron chi connectivity index (χ4n) is 11.0. The Morgan fingerprint density at radius 3 is 2.41 bits per heavy atom. The van der Waals surface area contributed by atoms with Gasteiger partial charge in [-0.05, 0) is 107 Å². The van der Waals surface area contributed by atoms with Crippen LogP contribution in [0.3, 0.4) is 0 Å². The molecule has 0 bridgehead atoms. The van der Waals surface area contributed by atoms with Gasteiger partial charge in [0.25, 0.3) is 17.4 Å². The number of para-hydroxylation sites is 1. The minimum absolute atomic E-state index is 0.0271. The fraction of sp³-hybridized carbons (Fsp3) is 0.400. The van der Waals surface area contributed by atoms with Crippen molar-refractivity contribution in [1.82, 2.24) is 43.4 Å². The number of imide groups is 1. The van der Waals surface area contributed by atoms with Crippen LogP contribution < -0.4 is 26.2 Å². The van der Waals surface area contributed by atoms with Crippen molar-refractivity contribution in [3.05, 3.63) is 126 Å². The number of rotatable bonds is 11. The average Bonchev–Trinajstić information content (AvgIpc) is 3.93. The molecule has 3 fully saturated rings. The normalized spacial score (nSPS) is 19.2. The zero-order valence-corrected chi connectivity index (χ0v) is 40.5. The highest BCUT2D eigenvalue weighted by atomic mass is 35.5. The number of anilines is 1. The van der Waals surface area contributed by atoms with Gasteiger partial charge in [0.05, 0.1) is 40.0 Å².